The summed E-state index contributed by atoms with van der Waals surface area (Å²) < 4.78 is 15.0. The second-order valence-corrected chi connectivity index (χ2v) is 6.82. The molecule has 12 heavy (non-hydrogen) atoms. The zero-order valence-corrected chi connectivity index (χ0v) is 11.9. The maximum Gasteiger partial charge on any atom is 1.00 e. The van der Waals surface area contributed by atoms with Crippen LogP contribution in [0.3, 0.4) is 0 Å². The van der Waals surface area contributed by atoms with E-state index in [4.69, 9.17) is 13.3 Å². The van der Waals surface area contributed by atoms with Crippen LogP contribution in [0.15, 0.2) is 0 Å². The second-order valence-electron chi connectivity index (χ2n) is 1.71. The van der Waals surface area contributed by atoms with E-state index >= 15 is 0 Å². The minimum atomic E-state index is -2.71. The summed E-state index contributed by atoms with van der Waals surface area (Å²) in [4.78, 5) is 10.7. The van der Waals surface area contributed by atoms with Crippen molar-refractivity contribution in [2.75, 3.05) is 21.3 Å². The van der Waals surface area contributed by atoms with E-state index in [1.807, 2.05) is 0 Å². The fraction of sp³-hybridized carbons (Fsp3) is 0.800. The molecule has 0 radical (unpaired) electrons. The fourth-order valence-electron chi connectivity index (χ4n) is 0.551. The van der Waals surface area contributed by atoms with Crippen LogP contribution in [-0.4, -0.2) is 34.4 Å². The third kappa shape index (κ3) is 4.98. The van der Waals surface area contributed by atoms with E-state index < -0.39 is 7.95 Å². The van der Waals surface area contributed by atoms with Crippen molar-refractivity contribution >= 4 is 24.3 Å². The van der Waals surface area contributed by atoms with Crippen LogP contribution in [0.2, 0.25) is 0 Å². The monoisotopic (exact) mass is 220 g/mol. The topological polar surface area (TPSA) is 44.8 Å². The second kappa shape index (κ2) is 7.51. The quantitative estimate of drug-likeness (QED) is 0.501. The Bertz CT molecular complexity index is 138. The molecule has 0 heterocycles. The van der Waals surface area contributed by atoms with E-state index in [0.717, 1.165) is 11.2 Å². The Balaban J connectivity index is -0.000000500. The van der Waals surface area contributed by atoms with Gasteiger partial charge in [-0.05, 0) is 11.2 Å². The van der Waals surface area contributed by atoms with Crippen LogP contribution >= 0.6 is 11.2 Å². The standard InChI is InChI=1S/C5H12O4SSi.Na.H/c1-5(6)10-11(7-2,8-3)9-4;;/h1-4H3;;/q;+1;-1. The summed E-state index contributed by atoms with van der Waals surface area (Å²) >= 11 is 0.980. The van der Waals surface area contributed by atoms with Crippen LogP contribution in [-0.2, 0) is 18.1 Å². The molecule has 0 aliphatic carbocycles. The first-order chi connectivity index (χ1) is 5.10. The minimum absolute atomic E-state index is 0. The van der Waals surface area contributed by atoms with Crippen LogP contribution in [0, 0.1) is 0 Å². The van der Waals surface area contributed by atoms with Gasteiger partial charge in [-0.2, -0.15) is 0 Å². The smallest absolute Gasteiger partial charge is 1.00 e. The SMILES string of the molecule is CO[Si](OC)(OC)SC(C)=O.[H-].[Na+]. The summed E-state index contributed by atoms with van der Waals surface area (Å²) in [5.74, 6) is 0. The number of hydrogen-bond donors (Lipinski definition) is 0. The molecule has 0 bridgehead atoms. The molecule has 4 nitrogen and oxygen atoms in total. The van der Waals surface area contributed by atoms with Crippen molar-refractivity contribution in [2.24, 2.45) is 0 Å². The average molecular weight is 220 g/mol. The molecule has 0 unspecified atom stereocenters. The van der Waals surface area contributed by atoms with Crippen LogP contribution in [0.1, 0.15) is 8.35 Å². The van der Waals surface area contributed by atoms with Gasteiger partial charge >= 0.3 is 37.5 Å². The van der Waals surface area contributed by atoms with Crippen LogP contribution in [0.4, 0.5) is 0 Å². The van der Waals surface area contributed by atoms with Gasteiger partial charge < -0.3 is 14.7 Å². The molecule has 7 heteroatoms. The van der Waals surface area contributed by atoms with Gasteiger partial charge in [0, 0.05) is 28.3 Å². The number of hydrogen-bond acceptors (Lipinski definition) is 5. The van der Waals surface area contributed by atoms with Crippen molar-refractivity contribution in [3.63, 3.8) is 0 Å². The normalized spacial score (nSPS) is 10.7. The van der Waals surface area contributed by atoms with Crippen molar-refractivity contribution in [3.8, 4) is 0 Å². The molecule has 0 fully saturated rings. The van der Waals surface area contributed by atoms with Crippen LogP contribution in [0.5, 0.6) is 0 Å². The van der Waals surface area contributed by atoms with Gasteiger partial charge in [0.15, 0.2) is 5.12 Å². The summed E-state index contributed by atoms with van der Waals surface area (Å²) in [6.45, 7) is 1.45. The van der Waals surface area contributed by atoms with Crippen LogP contribution < -0.4 is 29.6 Å². The molecule has 0 aromatic heterocycles. The zero-order valence-electron chi connectivity index (χ0n) is 9.04. The molecular weight excluding hydrogens is 207 g/mol. The maximum atomic E-state index is 10.7. The van der Waals surface area contributed by atoms with E-state index in [1.54, 1.807) is 0 Å². The molecule has 0 saturated heterocycles. The Morgan fingerprint density at radius 1 is 1.25 bits per heavy atom. The largest absolute Gasteiger partial charge is 1.00 e. The molecular formula is C5H13NaO4SSi. The Hall–Kier alpha value is 1.12. The van der Waals surface area contributed by atoms with Gasteiger partial charge in [-0.3, -0.25) is 4.79 Å². The summed E-state index contributed by atoms with van der Waals surface area (Å²) in [7, 11) is 1.69. The van der Waals surface area contributed by atoms with Gasteiger partial charge in [-0.15, -0.1) is 0 Å². The van der Waals surface area contributed by atoms with E-state index in [2.05, 4.69) is 0 Å². The molecule has 0 aliphatic heterocycles. The van der Waals surface area contributed by atoms with Gasteiger partial charge in [0.2, 0.25) is 0 Å². The van der Waals surface area contributed by atoms with Crippen molar-refractivity contribution in [3.05, 3.63) is 0 Å². The van der Waals surface area contributed by atoms with Gasteiger partial charge in [-0.25, -0.2) is 0 Å². The van der Waals surface area contributed by atoms with E-state index in [0.29, 0.717) is 0 Å². The number of rotatable bonds is 4. The molecule has 0 N–H and O–H groups in total. The maximum absolute atomic E-state index is 10.7. The molecule has 0 aliphatic rings. The van der Waals surface area contributed by atoms with Gasteiger partial charge in [0.05, 0.1) is 0 Å². The molecule has 0 atom stereocenters. The zero-order chi connectivity index (χ0) is 8.91. The summed E-state index contributed by atoms with van der Waals surface area (Å²) in [6, 6.07) is 0. The fourth-order valence-corrected chi connectivity index (χ4v) is 3.46. The first-order valence-electron chi connectivity index (χ1n) is 2.95. The van der Waals surface area contributed by atoms with Gasteiger partial charge in [0.1, 0.15) is 0 Å². The average Bonchev–Trinajstić information content (AvgIpc) is 2.00. The predicted molar refractivity (Wildman–Crippen MR) is 46.2 cm³/mol. The molecule has 0 spiro atoms. The van der Waals surface area contributed by atoms with Crippen molar-refractivity contribution in [1.29, 1.82) is 0 Å². The molecule has 0 aromatic rings. The Labute approximate surface area is 101 Å². The van der Waals surface area contributed by atoms with E-state index in [-0.39, 0.29) is 36.1 Å². The van der Waals surface area contributed by atoms with Crippen molar-refractivity contribution < 1.29 is 49.1 Å². The van der Waals surface area contributed by atoms with E-state index in [9.17, 15) is 4.79 Å². The minimum Gasteiger partial charge on any atom is -1.00 e. The first kappa shape index (κ1) is 15.6. The molecule has 68 valence electrons. The Kier molecular flexibility index (Phi) is 9.76. The van der Waals surface area contributed by atoms with E-state index in [1.165, 1.54) is 28.3 Å². The molecule has 0 aromatic carbocycles. The molecule has 0 amide bonds. The summed E-state index contributed by atoms with van der Waals surface area (Å²) in [6.07, 6.45) is 0. The third-order valence-electron chi connectivity index (χ3n) is 1.02. The van der Waals surface area contributed by atoms with Crippen LogP contribution in [0.25, 0.3) is 0 Å². The first-order valence-corrected chi connectivity index (χ1v) is 6.22. The van der Waals surface area contributed by atoms with Crippen molar-refractivity contribution in [2.45, 2.75) is 6.92 Å². The molecule has 0 rings (SSSR count). The number of carbonyl (C=O) groups excluding carboxylic acids is 1. The van der Waals surface area contributed by atoms with Crippen molar-refractivity contribution in [1.82, 2.24) is 0 Å². The Morgan fingerprint density at radius 3 is 1.67 bits per heavy atom. The third-order valence-corrected chi connectivity index (χ3v) is 6.17. The Morgan fingerprint density at radius 2 is 1.58 bits per heavy atom. The number of carbonyl (C=O) groups is 1. The predicted octanol–water partition coefficient (Wildman–Crippen LogP) is -2.24. The summed E-state index contributed by atoms with van der Waals surface area (Å²) in [5.41, 5.74) is 0. The summed E-state index contributed by atoms with van der Waals surface area (Å²) in [5, 5.41) is -0.0674. The van der Waals surface area contributed by atoms with Gasteiger partial charge in [0.25, 0.3) is 0 Å². The van der Waals surface area contributed by atoms with Gasteiger partial charge in [-0.1, -0.05) is 0 Å². The molecule has 0 saturated carbocycles.